The fourth-order valence-electron chi connectivity index (χ4n) is 2.33. The van der Waals surface area contributed by atoms with Gasteiger partial charge in [0.25, 0.3) is 0 Å². The zero-order valence-corrected chi connectivity index (χ0v) is 12.6. The molecule has 1 saturated heterocycles. The predicted molar refractivity (Wildman–Crippen MR) is 85.0 cm³/mol. The van der Waals surface area contributed by atoms with Crippen molar-refractivity contribution < 1.29 is 0 Å². The molecule has 3 rings (SSSR count). The number of nitrogens with two attached hydrogens (primary N) is 1. The predicted octanol–water partition coefficient (Wildman–Crippen LogP) is 2.15. The van der Waals surface area contributed by atoms with E-state index in [0.717, 1.165) is 42.2 Å². The molecule has 3 heterocycles. The van der Waals surface area contributed by atoms with Crippen molar-refractivity contribution in [3.05, 3.63) is 41.1 Å². The number of halogens is 1. The molecule has 2 N–H and O–H groups in total. The van der Waals surface area contributed by atoms with E-state index in [2.05, 4.69) is 35.7 Å². The lowest BCUT2D eigenvalue weighted by Crippen LogP contribution is -2.46. The summed E-state index contributed by atoms with van der Waals surface area (Å²) in [6, 6.07) is 7.94. The molecule has 20 heavy (non-hydrogen) atoms. The Morgan fingerprint density at radius 2 is 1.65 bits per heavy atom. The van der Waals surface area contributed by atoms with Crippen LogP contribution in [-0.4, -0.2) is 36.1 Å². The Kier molecular flexibility index (Phi) is 3.73. The molecular formula is C14H16BrN5. The van der Waals surface area contributed by atoms with Crippen LogP contribution >= 0.6 is 15.9 Å². The van der Waals surface area contributed by atoms with Crippen molar-refractivity contribution in [1.29, 1.82) is 0 Å². The van der Waals surface area contributed by atoms with Crippen molar-refractivity contribution in [3.8, 4) is 0 Å². The number of piperazine rings is 1. The monoisotopic (exact) mass is 333 g/mol. The number of aromatic nitrogens is 2. The van der Waals surface area contributed by atoms with Gasteiger partial charge in [-0.05, 0) is 40.2 Å². The van der Waals surface area contributed by atoms with E-state index < -0.39 is 0 Å². The van der Waals surface area contributed by atoms with Gasteiger partial charge in [-0.15, -0.1) is 0 Å². The van der Waals surface area contributed by atoms with E-state index in [1.807, 2.05) is 36.7 Å². The lowest BCUT2D eigenvalue weighted by Gasteiger charge is -2.36. The third kappa shape index (κ3) is 2.85. The third-order valence-corrected chi connectivity index (χ3v) is 3.92. The first-order chi connectivity index (χ1) is 9.72. The van der Waals surface area contributed by atoms with Crippen molar-refractivity contribution in [2.45, 2.75) is 0 Å². The van der Waals surface area contributed by atoms with Crippen LogP contribution in [0.25, 0.3) is 0 Å². The first-order valence-electron chi connectivity index (χ1n) is 6.55. The van der Waals surface area contributed by atoms with Gasteiger partial charge in [0.1, 0.15) is 11.6 Å². The zero-order valence-electron chi connectivity index (χ0n) is 11.0. The second-order valence-corrected chi connectivity index (χ2v) is 5.67. The number of pyridine rings is 2. The molecule has 0 unspecified atom stereocenters. The van der Waals surface area contributed by atoms with Crippen molar-refractivity contribution in [1.82, 2.24) is 9.97 Å². The normalized spacial score (nSPS) is 15.4. The highest BCUT2D eigenvalue weighted by molar-refractivity contribution is 9.10. The van der Waals surface area contributed by atoms with Crippen molar-refractivity contribution in [2.75, 3.05) is 41.7 Å². The van der Waals surface area contributed by atoms with E-state index in [9.17, 15) is 0 Å². The number of rotatable bonds is 2. The van der Waals surface area contributed by atoms with Gasteiger partial charge >= 0.3 is 0 Å². The first kappa shape index (κ1) is 13.2. The maximum absolute atomic E-state index is 5.62. The van der Waals surface area contributed by atoms with Crippen molar-refractivity contribution >= 4 is 33.3 Å². The Bertz CT molecular complexity index is 508. The summed E-state index contributed by atoms with van der Waals surface area (Å²) in [4.78, 5) is 13.2. The molecule has 0 saturated carbocycles. The first-order valence-corrected chi connectivity index (χ1v) is 7.35. The van der Waals surface area contributed by atoms with Crippen LogP contribution in [0, 0.1) is 0 Å². The maximum Gasteiger partial charge on any atom is 0.128 e. The third-order valence-electron chi connectivity index (χ3n) is 3.45. The van der Waals surface area contributed by atoms with E-state index in [-0.39, 0.29) is 0 Å². The minimum atomic E-state index is 0.562. The smallest absolute Gasteiger partial charge is 0.128 e. The van der Waals surface area contributed by atoms with E-state index in [4.69, 9.17) is 5.73 Å². The van der Waals surface area contributed by atoms with Gasteiger partial charge in [-0.1, -0.05) is 0 Å². The number of nitrogens with zero attached hydrogens (tertiary/aromatic N) is 4. The summed E-state index contributed by atoms with van der Waals surface area (Å²) in [6.45, 7) is 3.84. The minimum absolute atomic E-state index is 0.562. The standard InChI is InChI=1S/C14H16BrN5/c15-11-1-4-14(18-9-11)20-7-5-19(6-8-20)12-2-3-13(16)17-10-12/h1-4,9-10H,5-8H2,(H2,16,17). The van der Waals surface area contributed by atoms with Gasteiger partial charge in [-0.3, -0.25) is 0 Å². The summed E-state index contributed by atoms with van der Waals surface area (Å²) in [5.41, 5.74) is 6.74. The number of hydrogen-bond acceptors (Lipinski definition) is 5. The summed E-state index contributed by atoms with van der Waals surface area (Å²) in [5, 5.41) is 0. The van der Waals surface area contributed by atoms with Crippen molar-refractivity contribution in [2.24, 2.45) is 0 Å². The number of nitrogen functional groups attached to an aromatic ring is 1. The molecule has 5 nitrogen and oxygen atoms in total. The Morgan fingerprint density at radius 1 is 0.900 bits per heavy atom. The van der Waals surface area contributed by atoms with Crippen LogP contribution in [0.3, 0.4) is 0 Å². The van der Waals surface area contributed by atoms with Crippen LogP contribution < -0.4 is 15.5 Å². The molecule has 6 heteroatoms. The fraction of sp³-hybridized carbons (Fsp3) is 0.286. The van der Waals surface area contributed by atoms with Gasteiger partial charge in [-0.25, -0.2) is 9.97 Å². The highest BCUT2D eigenvalue weighted by atomic mass is 79.9. The maximum atomic E-state index is 5.62. The largest absolute Gasteiger partial charge is 0.384 e. The number of hydrogen-bond donors (Lipinski definition) is 1. The van der Waals surface area contributed by atoms with Gasteiger partial charge in [-0.2, -0.15) is 0 Å². The Morgan fingerprint density at radius 3 is 2.25 bits per heavy atom. The average Bonchev–Trinajstić information content (AvgIpc) is 2.49. The zero-order chi connectivity index (χ0) is 13.9. The molecule has 2 aromatic rings. The topological polar surface area (TPSA) is 58.3 Å². The molecule has 0 aromatic carbocycles. The molecule has 0 aliphatic carbocycles. The SMILES string of the molecule is Nc1ccc(N2CCN(c3ccc(Br)cn3)CC2)cn1. The van der Waals surface area contributed by atoms with Crippen LogP contribution in [0.5, 0.6) is 0 Å². The average molecular weight is 334 g/mol. The molecule has 0 atom stereocenters. The van der Waals surface area contributed by atoms with Gasteiger partial charge < -0.3 is 15.5 Å². The molecule has 1 fully saturated rings. The Labute approximate surface area is 126 Å². The highest BCUT2D eigenvalue weighted by Crippen LogP contribution is 2.20. The van der Waals surface area contributed by atoms with Crippen molar-refractivity contribution in [3.63, 3.8) is 0 Å². The Hall–Kier alpha value is -1.82. The summed E-state index contributed by atoms with van der Waals surface area (Å²) in [5.74, 6) is 1.59. The minimum Gasteiger partial charge on any atom is -0.384 e. The molecule has 0 spiro atoms. The second kappa shape index (κ2) is 5.66. The lowest BCUT2D eigenvalue weighted by atomic mass is 10.2. The molecular weight excluding hydrogens is 318 g/mol. The van der Waals surface area contributed by atoms with Gasteiger partial charge in [0.15, 0.2) is 0 Å². The molecule has 2 aromatic heterocycles. The highest BCUT2D eigenvalue weighted by Gasteiger charge is 2.18. The van der Waals surface area contributed by atoms with Crippen LogP contribution in [0.1, 0.15) is 0 Å². The molecule has 1 aliphatic rings. The molecule has 1 aliphatic heterocycles. The van der Waals surface area contributed by atoms with Crippen LogP contribution in [0.15, 0.2) is 41.1 Å². The van der Waals surface area contributed by atoms with Crippen LogP contribution in [-0.2, 0) is 0 Å². The van der Waals surface area contributed by atoms with E-state index in [0.29, 0.717) is 5.82 Å². The van der Waals surface area contributed by atoms with Gasteiger partial charge in [0.05, 0.1) is 11.9 Å². The number of anilines is 3. The summed E-state index contributed by atoms with van der Waals surface area (Å²) in [6.07, 6.45) is 3.68. The van der Waals surface area contributed by atoms with Gasteiger partial charge in [0.2, 0.25) is 0 Å². The summed E-state index contributed by atoms with van der Waals surface area (Å²) < 4.78 is 1.01. The molecule has 0 bridgehead atoms. The van der Waals surface area contributed by atoms with Crippen LogP contribution in [0.2, 0.25) is 0 Å². The Balaban J connectivity index is 1.64. The molecule has 104 valence electrons. The van der Waals surface area contributed by atoms with Crippen LogP contribution in [0.4, 0.5) is 17.3 Å². The molecule has 0 radical (unpaired) electrons. The molecule has 0 amide bonds. The van der Waals surface area contributed by atoms with Gasteiger partial charge in [0, 0.05) is 36.8 Å². The quantitative estimate of drug-likeness (QED) is 0.912. The second-order valence-electron chi connectivity index (χ2n) is 4.75. The summed E-state index contributed by atoms with van der Waals surface area (Å²) >= 11 is 3.41. The fourth-order valence-corrected chi connectivity index (χ4v) is 2.57. The summed E-state index contributed by atoms with van der Waals surface area (Å²) in [7, 11) is 0. The lowest BCUT2D eigenvalue weighted by molar-refractivity contribution is 0.647. The van der Waals surface area contributed by atoms with E-state index in [1.165, 1.54) is 0 Å². The van der Waals surface area contributed by atoms with E-state index >= 15 is 0 Å². The van der Waals surface area contributed by atoms with E-state index in [1.54, 1.807) is 0 Å².